The molecule has 3 amide bonds. The average molecular weight is 550 g/mol. The molecule has 1 heterocycles. The van der Waals surface area contributed by atoms with E-state index in [9.17, 15) is 29.1 Å². The first-order chi connectivity index (χ1) is 17.7. The van der Waals surface area contributed by atoms with Crippen LogP contribution in [0.2, 0.25) is 5.02 Å². The highest BCUT2D eigenvalue weighted by Crippen LogP contribution is 2.25. The van der Waals surface area contributed by atoms with Crippen LogP contribution in [0.15, 0.2) is 30.4 Å². The second-order valence-corrected chi connectivity index (χ2v) is 10.3. The van der Waals surface area contributed by atoms with Gasteiger partial charge in [0.2, 0.25) is 17.7 Å². The number of phenols is 1. The summed E-state index contributed by atoms with van der Waals surface area (Å²) in [5, 5.41) is 14.9. The van der Waals surface area contributed by atoms with Gasteiger partial charge >= 0.3 is 5.97 Å². The van der Waals surface area contributed by atoms with E-state index in [4.69, 9.17) is 16.3 Å². The van der Waals surface area contributed by atoms with Crippen molar-refractivity contribution in [3.8, 4) is 5.75 Å². The number of rotatable bonds is 2. The fourth-order valence-electron chi connectivity index (χ4n) is 4.17. The Morgan fingerprint density at radius 1 is 1.08 bits per heavy atom. The number of halogens is 1. The first-order valence-electron chi connectivity index (χ1n) is 12.4. The van der Waals surface area contributed by atoms with Crippen molar-refractivity contribution in [3.63, 3.8) is 0 Å². The molecule has 10 nitrogen and oxygen atoms in total. The standard InChI is InChI=1S/C27H36ClN3O7/c1-14-9-16(3)25(35)29-13-23(33)31(6)21(12-19-7-8-22(32)20(28)11-19)26(36)30-18(5)27(37)38-17(4)10-15(2)24(14)34/h7-8,11,15-18,21,32H,1,9-10,12-13H2,2-6H3,(H,29,35)(H,30,36). The monoisotopic (exact) mass is 549 g/mol. The Kier molecular flexibility index (Phi) is 10.9. The third kappa shape index (κ3) is 8.31. The highest BCUT2D eigenvalue weighted by atomic mass is 35.5. The number of ether oxygens (including phenoxy) is 1. The minimum absolute atomic E-state index is 0.0239. The predicted octanol–water partition coefficient (Wildman–Crippen LogP) is 2.16. The Morgan fingerprint density at radius 3 is 2.37 bits per heavy atom. The van der Waals surface area contributed by atoms with Gasteiger partial charge in [-0.15, -0.1) is 0 Å². The van der Waals surface area contributed by atoms with Crippen LogP contribution in [0.1, 0.15) is 46.1 Å². The number of ketones is 1. The van der Waals surface area contributed by atoms with E-state index in [-0.39, 0.29) is 47.9 Å². The van der Waals surface area contributed by atoms with Gasteiger partial charge in [-0.2, -0.15) is 0 Å². The Morgan fingerprint density at radius 2 is 1.74 bits per heavy atom. The molecule has 1 aromatic rings. The van der Waals surface area contributed by atoms with E-state index in [1.165, 1.54) is 31.0 Å². The summed E-state index contributed by atoms with van der Waals surface area (Å²) in [6, 6.07) is 2.31. The maximum absolute atomic E-state index is 13.3. The number of hydrogen-bond acceptors (Lipinski definition) is 7. The maximum atomic E-state index is 13.3. The number of carbonyl (C=O) groups is 5. The Bertz CT molecular complexity index is 1110. The van der Waals surface area contributed by atoms with Crippen molar-refractivity contribution in [2.75, 3.05) is 13.6 Å². The van der Waals surface area contributed by atoms with Crippen molar-refractivity contribution >= 4 is 41.1 Å². The molecule has 0 radical (unpaired) electrons. The van der Waals surface area contributed by atoms with Crippen molar-refractivity contribution in [3.05, 3.63) is 40.9 Å². The van der Waals surface area contributed by atoms with Gasteiger partial charge in [0, 0.05) is 25.3 Å². The highest BCUT2D eigenvalue weighted by Gasteiger charge is 2.31. The van der Waals surface area contributed by atoms with Gasteiger partial charge in [-0.05, 0) is 50.0 Å². The Labute approximate surface area is 227 Å². The molecule has 11 heteroatoms. The van der Waals surface area contributed by atoms with Gasteiger partial charge < -0.3 is 25.4 Å². The van der Waals surface area contributed by atoms with Crippen LogP contribution in [0.5, 0.6) is 5.75 Å². The lowest BCUT2D eigenvalue weighted by molar-refractivity contribution is -0.153. The minimum Gasteiger partial charge on any atom is -0.506 e. The van der Waals surface area contributed by atoms with Crippen molar-refractivity contribution in [2.45, 2.75) is 65.1 Å². The smallest absolute Gasteiger partial charge is 0.328 e. The van der Waals surface area contributed by atoms with Crippen LogP contribution >= 0.6 is 11.6 Å². The predicted molar refractivity (Wildman–Crippen MR) is 141 cm³/mol. The van der Waals surface area contributed by atoms with Gasteiger partial charge in [-0.1, -0.05) is 38.1 Å². The van der Waals surface area contributed by atoms with Crippen LogP contribution < -0.4 is 10.6 Å². The average Bonchev–Trinajstić information content (AvgIpc) is 2.85. The lowest BCUT2D eigenvalue weighted by Crippen LogP contribution is -2.54. The summed E-state index contributed by atoms with van der Waals surface area (Å²) in [5.41, 5.74) is 0.838. The number of phenolic OH excluding ortho intramolecular Hbond substituents is 1. The van der Waals surface area contributed by atoms with Crippen molar-refractivity contribution < 1.29 is 33.8 Å². The molecule has 208 valence electrons. The number of aromatic hydroxyl groups is 1. The number of allylic oxidation sites excluding steroid dienone is 1. The van der Waals surface area contributed by atoms with Gasteiger partial charge in [0.1, 0.15) is 17.8 Å². The number of amides is 3. The summed E-state index contributed by atoms with van der Waals surface area (Å²) in [7, 11) is 1.41. The van der Waals surface area contributed by atoms with E-state index in [0.717, 1.165) is 0 Å². The molecule has 0 saturated carbocycles. The fraction of sp³-hybridized carbons (Fsp3) is 0.519. The molecule has 1 aromatic carbocycles. The van der Waals surface area contributed by atoms with Crippen molar-refractivity contribution in [1.82, 2.24) is 15.5 Å². The number of carbonyl (C=O) groups excluding carboxylic acids is 5. The molecular weight excluding hydrogens is 514 g/mol. The van der Waals surface area contributed by atoms with Crippen LogP contribution in [0.25, 0.3) is 0 Å². The molecule has 0 aliphatic carbocycles. The molecule has 1 aliphatic heterocycles. The minimum atomic E-state index is -1.07. The molecule has 0 spiro atoms. The van der Waals surface area contributed by atoms with E-state index in [0.29, 0.717) is 5.56 Å². The number of Topliss-reactive ketones (excluding diaryl/α,β-unsaturated/α-hetero) is 1. The molecule has 1 fully saturated rings. The maximum Gasteiger partial charge on any atom is 0.328 e. The summed E-state index contributed by atoms with van der Waals surface area (Å²) in [6.07, 6.45) is -0.244. The number of esters is 1. The zero-order valence-corrected chi connectivity index (χ0v) is 23.1. The quantitative estimate of drug-likeness (QED) is 0.379. The Hall–Kier alpha value is -3.40. The van der Waals surface area contributed by atoms with Gasteiger partial charge in [-0.3, -0.25) is 19.2 Å². The normalized spacial score (nSPS) is 27.2. The molecule has 0 bridgehead atoms. The third-order valence-electron chi connectivity index (χ3n) is 6.53. The summed E-state index contributed by atoms with van der Waals surface area (Å²) < 4.78 is 5.45. The summed E-state index contributed by atoms with van der Waals surface area (Å²) in [4.78, 5) is 65.5. The SMILES string of the molecule is C=C1CC(C)C(=O)NCC(=O)N(C)C(Cc2ccc(O)c(Cl)c2)C(=O)NC(C)C(=O)OC(C)CC(C)C1=O. The first kappa shape index (κ1) is 30.8. The summed E-state index contributed by atoms with van der Waals surface area (Å²) in [5.74, 6) is -3.78. The molecule has 3 N–H and O–H groups in total. The lowest BCUT2D eigenvalue weighted by Gasteiger charge is -2.29. The summed E-state index contributed by atoms with van der Waals surface area (Å²) in [6.45, 7) is 9.87. The number of likely N-dealkylation sites (N-methyl/N-ethyl adjacent to an activating group) is 1. The largest absolute Gasteiger partial charge is 0.506 e. The van der Waals surface area contributed by atoms with Gasteiger partial charge in [0.25, 0.3) is 0 Å². The first-order valence-corrected chi connectivity index (χ1v) is 12.8. The third-order valence-corrected chi connectivity index (χ3v) is 6.83. The van der Waals surface area contributed by atoms with Crippen LogP contribution in [0, 0.1) is 11.8 Å². The van der Waals surface area contributed by atoms with Crippen molar-refractivity contribution in [2.24, 2.45) is 11.8 Å². The van der Waals surface area contributed by atoms with E-state index < -0.39 is 53.7 Å². The van der Waals surface area contributed by atoms with Crippen molar-refractivity contribution in [1.29, 1.82) is 0 Å². The number of hydrogen-bond donors (Lipinski definition) is 3. The van der Waals surface area contributed by atoms with E-state index in [1.807, 2.05) is 0 Å². The zero-order valence-electron chi connectivity index (χ0n) is 22.4. The summed E-state index contributed by atoms with van der Waals surface area (Å²) >= 11 is 6.01. The van der Waals surface area contributed by atoms with Crippen LogP contribution in [0.4, 0.5) is 0 Å². The second-order valence-electron chi connectivity index (χ2n) is 9.92. The number of benzene rings is 1. The van der Waals surface area contributed by atoms with Crippen LogP contribution in [-0.2, 0) is 35.1 Å². The van der Waals surface area contributed by atoms with E-state index >= 15 is 0 Å². The second kappa shape index (κ2) is 13.4. The molecule has 5 unspecified atom stereocenters. The van der Waals surface area contributed by atoms with Gasteiger partial charge in [0.05, 0.1) is 17.7 Å². The molecule has 1 aliphatic rings. The van der Waals surface area contributed by atoms with E-state index in [1.54, 1.807) is 26.8 Å². The molecule has 5 atom stereocenters. The number of nitrogens with one attached hydrogen (secondary N) is 2. The highest BCUT2D eigenvalue weighted by molar-refractivity contribution is 6.32. The molecule has 0 aromatic heterocycles. The lowest BCUT2D eigenvalue weighted by atomic mass is 9.90. The molecule has 38 heavy (non-hydrogen) atoms. The Balaban J connectivity index is 2.35. The van der Waals surface area contributed by atoms with Gasteiger partial charge in [0.15, 0.2) is 5.78 Å². The molecular formula is C27H36ClN3O7. The van der Waals surface area contributed by atoms with Gasteiger partial charge in [-0.25, -0.2) is 4.79 Å². The topological polar surface area (TPSA) is 142 Å². The van der Waals surface area contributed by atoms with E-state index in [2.05, 4.69) is 17.2 Å². The number of cyclic esters (lactones) is 1. The molecule has 1 saturated heterocycles. The number of nitrogens with zero attached hydrogens (tertiary/aromatic N) is 1. The zero-order chi connectivity index (χ0) is 28.7. The van der Waals surface area contributed by atoms with Crippen LogP contribution in [-0.4, -0.2) is 71.3 Å². The van der Waals surface area contributed by atoms with Crippen LogP contribution in [0.3, 0.4) is 0 Å². The molecule has 2 rings (SSSR count). The fourth-order valence-corrected chi connectivity index (χ4v) is 4.38.